The van der Waals surface area contributed by atoms with Crippen LogP contribution < -0.4 is 0 Å². The molecule has 3 rings (SSSR count). The number of benzene rings is 3. The van der Waals surface area contributed by atoms with E-state index < -0.39 is 0 Å². The van der Waals surface area contributed by atoms with E-state index in [0.717, 1.165) is 6.42 Å². The van der Waals surface area contributed by atoms with Crippen LogP contribution in [0.25, 0.3) is 10.8 Å². The summed E-state index contributed by atoms with van der Waals surface area (Å²) in [5.74, 6) is 0.375. The number of hydrogen-bond acceptors (Lipinski definition) is 0. The molecule has 0 fully saturated rings. The van der Waals surface area contributed by atoms with Crippen molar-refractivity contribution in [3.63, 3.8) is 0 Å². The Morgan fingerprint density at radius 1 is 0.800 bits per heavy atom. The zero-order chi connectivity index (χ0) is 13.8. The first kappa shape index (κ1) is 12.7. The molecule has 1 unspecified atom stereocenters. The Morgan fingerprint density at radius 2 is 1.50 bits per heavy atom. The van der Waals surface area contributed by atoms with Gasteiger partial charge in [0.05, 0.1) is 0 Å². The first-order valence-electron chi connectivity index (χ1n) is 7.03. The Bertz CT molecular complexity index is 705. The summed E-state index contributed by atoms with van der Waals surface area (Å²) in [7, 11) is 0. The largest absolute Gasteiger partial charge is 0.103 e. The van der Waals surface area contributed by atoms with Crippen LogP contribution in [0.3, 0.4) is 0 Å². The van der Waals surface area contributed by atoms with Crippen molar-refractivity contribution in [2.24, 2.45) is 0 Å². The summed E-state index contributed by atoms with van der Waals surface area (Å²) in [5, 5.41) is 2.64. The van der Waals surface area contributed by atoms with Gasteiger partial charge < -0.3 is 0 Å². The quantitative estimate of drug-likeness (QED) is 0.538. The molecule has 0 nitrogen and oxygen atoms in total. The molecule has 0 aliphatic rings. The lowest BCUT2D eigenvalue weighted by molar-refractivity contribution is 0.839. The molecule has 0 aromatic heterocycles. The van der Waals surface area contributed by atoms with Gasteiger partial charge in [0, 0.05) is 5.92 Å². The van der Waals surface area contributed by atoms with Crippen LogP contribution in [0.2, 0.25) is 0 Å². The monoisotopic (exact) mass is 258 g/mol. The van der Waals surface area contributed by atoms with Gasteiger partial charge in [0.25, 0.3) is 0 Å². The van der Waals surface area contributed by atoms with E-state index in [9.17, 15) is 0 Å². The smallest absolute Gasteiger partial charge is 0.0130 e. The van der Waals surface area contributed by atoms with Crippen molar-refractivity contribution in [1.29, 1.82) is 0 Å². The second kappa shape index (κ2) is 5.75. The van der Waals surface area contributed by atoms with Gasteiger partial charge in [0.2, 0.25) is 0 Å². The molecular weight excluding hydrogens is 240 g/mol. The van der Waals surface area contributed by atoms with Crippen molar-refractivity contribution in [2.45, 2.75) is 12.3 Å². The van der Waals surface area contributed by atoms with Gasteiger partial charge in [0.1, 0.15) is 0 Å². The summed E-state index contributed by atoms with van der Waals surface area (Å²) in [4.78, 5) is 0. The fourth-order valence-corrected chi connectivity index (χ4v) is 2.85. The first-order chi connectivity index (χ1) is 9.90. The van der Waals surface area contributed by atoms with Crippen molar-refractivity contribution < 1.29 is 0 Å². The second-order valence-corrected chi connectivity index (χ2v) is 5.06. The highest BCUT2D eigenvalue weighted by atomic mass is 14.2. The molecule has 3 aromatic rings. The normalized spacial score (nSPS) is 12.2. The molecule has 0 saturated carbocycles. The molecule has 0 spiro atoms. The molecule has 1 atom stereocenters. The van der Waals surface area contributed by atoms with Crippen molar-refractivity contribution in [3.8, 4) is 0 Å². The molecular formula is C20H18. The number of fused-ring (bicyclic) bond motifs is 1. The summed E-state index contributed by atoms with van der Waals surface area (Å²) in [6.07, 6.45) is 2.97. The Morgan fingerprint density at radius 3 is 2.30 bits per heavy atom. The molecule has 0 saturated heterocycles. The van der Waals surface area contributed by atoms with E-state index in [2.05, 4.69) is 79.4 Å². The molecule has 0 N–H and O–H groups in total. The van der Waals surface area contributed by atoms with E-state index in [4.69, 9.17) is 0 Å². The lowest BCUT2D eigenvalue weighted by atomic mass is 9.86. The van der Waals surface area contributed by atoms with Crippen LogP contribution >= 0.6 is 0 Å². The van der Waals surface area contributed by atoms with Crippen LogP contribution in [0.4, 0.5) is 0 Å². The summed E-state index contributed by atoms with van der Waals surface area (Å²) in [6.45, 7) is 3.93. The summed E-state index contributed by atoms with van der Waals surface area (Å²) < 4.78 is 0. The van der Waals surface area contributed by atoms with Crippen molar-refractivity contribution >= 4 is 10.8 Å². The van der Waals surface area contributed by atoms with Gasteiger partial charge in [0.15, 0.2) is 0 Å². The Kier molecular flexibility index (Phi) is 3.64. The van der Waals surface area contributed by atoms with Crippen LogP contribution in [0.5, 0.6) is 0 Å². The lowest BCUT2D eigenvalue weighted by Crippen LogP contribution is -2.00. The molecule has 20 heavy (non-hydrogen) atoms. The highest BCUT2D eigenvalue weighted by Gasteiger charge is 2.14. The maximum absolute atomic E-state index is 3.93. The van der Waals surface area contributed by atoms with Crippen LogP contribution in [-0.2, 0) is 0 Å². The zero-order valence-electron chi connectivity index (χ0n) is 11.5. The minimum absolute atomic E-state index is 0.375. The number of hydrogen-bond donors (Lipinski definition) is 0. The zero-order valence-corrected chi connectivity index (χ0v) is 11.5. The van der Waals surface area contributed by atoms with Gasteiger partial charge in [-0.2, -0.15) is 0 Å². The van der Waals surface area contributed by atoms with Gasteiger partial charge in [-0.1, -0.05) is 78.9 Å². The maximum atomic E-state index is 3.93. The summed E-state index contributed by atoms with van der Waals surface area (Å²) >= 11 is 0. The highest BCUT2D eigenvalue weighted by molar-refractivity contribution is 5.86. The topological polar surface area (TPSA) is 0 Å². The lowest BCUT2D eigenvalue weighted by Gasteiger charge is -2.18. The molecule has 0 heterocycles. The third kappa shape index (κ3) is 2.37. The average molecular weight is 258 g/mol. The number of allylic oxidation sites excluding steroid dienone is 1. The molecule has 0 aliphatic carbocycles. The summed E-state index contributed by atoms with van der Waals surface area (Å²) in [5.41, 5.74) is 2.73. The van der Waals surface area contributed by atoms with E-state index in [-0.39, 0.29) is 0 Å². The second-order valence-electron chi connectivity index (χ2n) is 5.06. The fourth-order valence-electron chi connectivity index (χ4n) is 2.85. The van der Waals surface area contributed by atoms with E-state index in [1.54, 1.807) is 0 Å². The van der Waals surface area contributed by atoms with Crippen molar-refractivity contribution in [1.82, 2.24) is 0 Å². The minimum Gasteiger partial charge on any atom is -0.103 e. The summed E-state index contributed by atoms with van der Waals surface area (Å²) in [6, 6.07) is 25.9. The van der Waals surface area contributed by atoms with Crippen molar-refractivity contribution in [2.75, 3.05) is 0 Å². The van der Waals surface area contributed by atoms with Crippen LogP contribution in [0.15, 0.2) is 85.5 Å². The first-order valence-corrected chi connectivity index (χ1v) is 7.03. The van der Waals surface area contributed by atoms with Crippen LogP contribution in [-0.4, -0.2) is 0 Å². The molecule has 0 radical (unpaired) electrons. The predicted octanol–water partition coefficient (Wildman–Crippen LogP) is 5.55. The van der Waals surface area contributed by atoms with E-state index in [0.29, 0.717) is 5.92 Å². The Hall–Kier alpha value is -2.34. The van der Waals surface area contributed by atoms with Crippen molar-refractivity contribution in [3.05, 3.63) is 96.6 Å². The van der Waals surface area contributed by atoms with Gasteiger partial charge in [-0.15, -0.1) is 6.58 Å². The highest BCUT2D eigenvalue weighted by Crippen LogP contribution is 2.33. The van der Waals surface area contributed by atoms with E-state index >= 15 is 0 Å². The average Bonchev–Trinajstić information content (AvgIpc) is 2.53. The predicted molar refractivity (Wildman–Crippen MR) is 87.0 cm³/mol. The third-order valence-corrected chi connectivity index (χ3v) is 3.80. The Labute approximate surface area is 120 Å². The molecule has 0 bridgehead atoms. The van der Waals surface area contributed by atoms with Gasteiger partial charge in [-0.25, -0.2) is 0 Å². The van der Waals surface area contributed by atoms with Crippen LogP contribution in [0.1, 0.15) is 23.5 Å². The molecule has 0 amide bonds. The van der Waals surface area contributed by atoms with E-state index in [1.807, 2.05) is 6.08 Å². The maximum Gasteiger partial charge on any atom is 0.0130 e. The fraction of sp³-hybridized carbons (Fsp3) is 0.100. The standard InChI is InChI=1S/C20H18/c1-2-9-18(16-10-4-3-5-11-16)20-15-8-13-17-12-6-7-14-19(17)20/h2-8,10-15,18H,1,9H2. The third-order valence-electron chi connectivity index (χ3n) is 3.80. The Balaban J connectivity index is 2.17. The van der Waals surface area contributed by atoms with Gasteiger partial charge in [-0.05, 0) is 28.3 Å². The molecule has 98 valence electrons. The van der Waals surface area contributed by atoms with Crippen LogP contribution in [0, 0.1) is 0 Å². The van der Waals surface area contributed by atoms with Gasteiger partial charge >= 0.3 is 0 Å². The van der Waals surface area contributed by atoms with E-state index in [1.165, 1.54) is 21.9 Å². The molecule has 3 aromatic carbocycles. The SMILES string of the molecule is C=CCC(c1ccccc1)c1cccc2ccccc12. The minimum atomic E-state index is 0.375. The number of rotatable bonds is 4. The molecule has 0 heteroatoms. The molecule has 0 aliphatic heterocycles. The van der Waals surface area contributed by atoms with Gasteiger partial charge in [-0.3, -0.25) is 0 Å².